The van der Waals surface area contributed by atoms with Gasteiger partial charge in [0.2, 0.25) is 5.82 Å². The van der Waals surface area contributed by atoms with E-state index in [2.05, 4.69) is 26.6 Å². The van der Waals surface area contributed by atoms with Gasteiger partial charge in [0.15, 0.2) is 11.6 Å². The molecule has 4 rings (SSSR count). The van der Waals surface area contributed by atoms with Gasteiger partial charge in [0.05, 0.1) is 25.4 Å². The predicted molar refractivity (Wildman–Crippen MR) is 117 cm³/mol. The van der Waals surface area contributed by atoms with Crippen LogP contribution >= 0.6 is 0 Å². The molecule has 1 fully saturated rings. The van der Waals surface area contributed by atoms with Crippen LogP contribution in [0.4, 0.5) is 9.18 Å². The second-order valence-electron chi connectivity index (χ2n) is 8.26. The molecule has 2 aromatic heterocycles. The van der Waals surface area contributed by atoms with E-state index in [0.29, 0.717) is 48.6 Å². The zero-order valence-corrected chi connectivity index (χ0v) is 19.2. The minimum atomic E-state index is -0.573. The van der Waals surface area contributed by atoms with Gasteiger partial charge in [0, 0.05) is 24.2 Å². The Kier molecular flexibility index (Phi) is 6.72. The number of ether oxygens (including phenoxy) is 2. The summed E-state index contributed by atoms with van der Waals surface area (Å²) in [6.07, 6.45) is 2.36. The molecule has 1 saturated heterocycles. The van der Waals surface area contributed by atoms with E-state index in [1.54, 1.807) is 28.9 Å². The summed E-state index contributed by atoms with van der Waals surface area (Å²) in [5.74, 6) is -0.220. The van der Waals surface area contributed by atoms with Crippen LogP contribution in [0.3, 0.4) is 0 Å². The summed E-state index contributed by atoms with van der Waals surface area (Å²) < 4.78 is 27.1. The summed E-state index contributed by atoms with van der Waals surface area (Å²) in [7, 11) is 1.63. The van der Waals surface area contributed by atoms with Gasteiger partial charge in [-0.25, -0.2) is 9.18 Å². The molecule has 0 unspecified atom stereocenters. The second kappa shape index (κ2) is 9.86. The number of amides is 1. The molecule has 0 spiro atoms. The summed E-state index contributed by atoms with van der Waals surface area (Å²) in [6.45, 7) is 4.65. The molecular weight excluding hydrogens is 443 g/mol. The SMILES string of the molecule is CC(C)OC(=O)N1CCC(n2ncc(COc3ccc(-c4nnn(C)n4)cc3F)c2C#N)CC1. The lowest BCUT2D eigenvalue weighted by Gasteiger charge is -2.32. The van der Waals surface area contributed by atoms with Crippen molar-refractivity contribution >= 4 is 6.09 Å². The molecule has 11 nitrogen and oxygen atoms in total. The Morgan fingerprint density at radius 1 is 1.32 bits per heavy atom. The maximum atomic E-state index is 14.6. The number of likely N-dealkylation sites (tertiary alicyclic amines) is 1. The highest BCUT2D eigenvalue weighted by Gasteiger charge is 2.28. The number of rotatable bonds is 6. The van der Waals surface area contributed by atoms with Gasteiger partial charge < -0.3 is 14.4 Å². The number of nitriles is 1. The van der Waals surface area contributed by atoms with Crippen molar-refractivity contribution < 1.29 is 18.7 Å². The number of aromatic nitrogens is 6. The minimum Gasteiger partial charge on any atom is -0.486 e. The van der Waals surface area contributed by atoms with Crippen molar-refractivity contribution in [2.75, 3.05) is 13.1 Å². The van der Waals surface area contributed by atoms with Crippen LogP contribution in [0.5, 0.6) is 5.75 Å². The number of benzene rings is 1. The van der Waals surface area contributed by atoms with E-state index in [4.69, 9.17) is 9.47 Å². The Hall–Kier alpha value is -4.01. The van der Waals surface area contributed by atoms with E-state index in [-0.39, 0.29) is 30.6 Å². The van der Waals surface area contributed by atoms with Crippen molar-refractivity contribution in [2.45, 2.75) is 45.4 Å². The number of hydrogen-bond acceptors (Lipinski definition) is 8. The Morgan fingerprint density at radius 3 is 2.71 bits per heavy atom. The largest absolute Gasteiger partial charge is 0.486 e. The third-order valence-electron chi connectivity index (χ3n) is 5.46. The fraction of sp³-hybridized carbons (Fsp3) is 0.455. The van der Waals surface area contributed by atoms with Crippen LogP contribution in [-0.4, -0.2) is 60.2 Å². The highest BCUT2D eigenvalue weighted by molar-refractivity contribution is 5.67. The molecule has 12 heteroatoms. The Morgan fingerprint density at radius 2 is 2.09 bits per heavy atom. The normalized spacial score (nSPS) is 14.3. The first-order valence-electron chi connectivity index (χ1n) is 10.9. The summed E-state index contributed by atoms with van der Waals surface area (Å²) in [6, 6.07) is 6.56. The van der Waals surface area contributed by atoms with Crippen molar-refractivity contribution in [3.63, 3.8) is 0 Å². The second-order valence-corrected chi connectivity index (χ2v) is 8.26. The maximum Gasteiger partial charge on any atom is 0.410 e. The standard InChI is InChI=1S/C22H25FN8O3/c1-14(2)34-22(32)30-8-6-17(7-9-30)31-19(11-24)16(12-25-31)13-33-20-5-4-15(10-18(20)23)21-26-28-29(3)27-21/h4-5,10,12,14,17H,6-9,13H2,1-3H3. The zero-order valence-electron chi connectivity index (χ0n) is 19.2. The third kappa shape index (κ3) is 4.98. The predicted octanol–water partition coefficient (Wildman–Crippen LogP) is 2.85. The van der Waals surface area contributed by atoms with Crippen molar-refractivity contribution in [2.24, 2.45) is 7.05 Å². The molecule has 3 heterocycles. The van der Waals surface area contributed by atoms with E-state index in [1.807, 2.05) is 13.8 Å². The van der Waals surface area contributed by atoms with Gasteiger partial charge in [-0.15, -0.1) is 10.2 Å². The molecule has 178 valence electrons. The molecule has 0 radical (unpaired) electrons. The van der Waals surface area contributed by atoms with Crippen LogP contribution in [0, 0.1) is 17.1 Å². The summed E-state index contributed by atoms with van der Waals surface area (Å²) in [5.41, 5.74) is 1.40. The lowest BCUT2D eigenvalue weighted by Crippen LogP contribution is -2.40. The minimum absolute atomic E-state index is 0.0118. The van der Waals surface area contributed by atoms with Crippen molar-refractivity contribution in [1.82, 2.24) is 34.9 Å². The number of piperidine rings is 1. The lowest BCUT2D eigenvalue weighted by atomic mass is 10.1. The molecule has 0 saturated carbocycles. The van der Waals surface area contributed by atoms with Gasteiger partial charge in [-0.05, 0) is 50.1 Å². The van der Waals surface area contributed by atoms with Gasteiger partial charge in [-0.3, -0.25) is 4.68 Å². The van der Waals surface area contributed by atoms with Crippen LogP contribution in [0.15, 0.2) is 24.4 Å². The fourth-order valence-corrected chi connectivity index (χ4v) is 3.78. The number of carbonyl (C=O) groups excluding carboxylic acids is 1. The van der Waals surface area contributed by atoms with Crippen LogP contribution < -0.4 is 4.74 Å². The van der Waals surface area contributed by atoms with Gasteiger partial charge in [0.25, 0.3) is 0 Å². The Labute approximate surface area is 195 Å². The first-order chi connectivity index (χ1) is 16.4. The van der Waals surface area contributed by atoms with Crippen LogP contribution in [0.1, 0.15) is 44.0 Å². The van der Waals surface area contributed by atoms with E-state index in [9.17, 15) is 14.4 Å². The molecule has 0 N–H and O–H groups in total. The average Bonchev–Trinajstić information content (AvgIpc) is 3.43. The quantitative estimate of drug-likeness (QED) is 0.541. The summed E-state index contributed by atoms with van der Waals surface area (Å²) in [4.78, 5) is 15.1. The number of aryl methyl sites for hydroxylation is 1. The van der Waals surface area contributed by atoms with Crippen LogP contribution in [-0.2, 0) is 18.4 Å². The molecule has 34 heavy (non-hydrogen) atoms. The lowest BCUT2D eigenvalue weighted by molar-refractivity contribution is 0.0652. The summed E-state index contributed by atoms with van der Waals surface area (Å²) in [5, 5.41) is 25.8. The number of nitrogens with zero attached hydrogens (tertiary/aromatic N) is 8. The van der Waals surface area contributed by atoms with E-state index < -0.39 is 5.82 Å². The molecule has 0 bridgehead atoms. The Balaban J connectivity index is 1.40. The molecular formula is C22H25FN8O3. The molecule has 1 aliphatic heterocycles. The third-order valence-corrected chi connectivity index (χ3v) is 5.46. The molecule has 1 aromatic carbocycles. The fourth-order valence-electron chi connectivity index (χ4n) is 3.78. The van der Waals surface area contributed by atoms with Crippen molar-refractivity contribution in [3.05, 3.63) is 41.5 Å². The van der Waals surface area contributed by atoms with E-state index in [1.165, 1.54) is 16.9 Å². The molecule has 3 aromatic rings. The molecule has 1 amide bonds. The molecule has 0 aliphatic carbocycles. The number of hydrogen-bond donors (Lipinski definition) is 0. The van der Waals surface area contributed by atoms with Gasteiger partial charge in [-0.2, -0.15) is 15.2 Å². The number of tetrazole rings is 1. The average molecular weight is 468 g/mol. The molecule has 1 aliphatic rings. The van der Waals surface area contributed by atoms with Gasteiger partial charge in [-0.1, -0.05) is 0 Å². The number of carbonyl (C=O) groups is 1. The zero-order chi connectivity index (χ0) is 24.2. The van der Waals surface area contributed by atoms with E-state index in [0.717, 1.165) is 0 Å². The van der Waals surface area contributed by atoms with E-state index >= 15 is 0 Å². The Bertz CT molecular complexity index is 1210. The van der Waals surface area contributed by atoms with Crippen molar-refractivity contribution in [3.8, 4) is 23.2 Å². The molecule has 0 atom stereocenters. The van der Waals surface area contributed by atoms with Crippen LogP contribution in [0.2, 0.25) is 0 Å². The topological polar surface area (TPSA) is 124 Å². The highest BCUT2D eigenvalue weighted by Crippen LogP contribution is 2.27. The number of halogens is 1. The monoisotopic (exact) mass is 468 g/mol. The van der Waals surface area contributed by atoms with Gasteiger partial charge >= 0.3 is 6.09 Å². The maximum absolute atomic E-state index is 14.6. The first-order valence-corrected chi connectivity index (χ1v) is 10.9. The smallest absolute Gasteiger partial charge is 0.410 e. The van der Waals surface area contributed by atoms with Gasteiger partial charge in [0.1, 0.15) is 18.4 Å². The van der Waals surface area contributed by atoms with Crippen LogP contribution in [0.25, 0.3) is 11.4 Å². The summed E-state index contributed by atoms with van der Waals surface area (Å²) >= 11 is 0. The first kappa shape index (κ1) is 23.2. The highest BCUT2D eigenvalue weighted by atomic mass is 19.1. The van der Waals surface area contributed by atoms with Crippen molar-refractivity contribution in [1.29, 1.82) is 5.26 Å².